The standard InChI is InChI=1S/C26H29F3INO8S3/c1-25(2,42(37,38)18-7-5-6-15(12-18)26(27,28)29)19-10-11-31(23(19)30)24(32)22-20(40(3,33)34)13-17(39-16-8-9-16)14-21(22)41(4,35)36/h5-7,12-14,16,19,23H,8-11H2,1-4H3/t19-,23?/m0/s1. The van der Waals surface area contributed by atoms with E-state index in [2.05, 4.69) is 0 Å². The Bertz CT molecular complexity index is 1700. The number of benzene rings is 2. The number of carbonyl (C=O) groups is 1. The third kappa shape index (κ3) is 6.31. The minimum absolute atomic E-state index is 0.00599. The number of ether oxygens (including phenoxy) is 1. The van der Waals surface area contributed by atoms with Crippen molar-refractivity contribution in [3.05, 3.63) is 47.5 Å². The highest BCUT2D eigenvalue weighted by Crippen LogP contribution is 2.45. The van der Waals surface area contributed by atoms with Crippen molar-refractivity contribution in [2.45, 2.75) is 68.9 Å². The number of rotatable bonds is 8. The van der Waals surface area contributed by atoms with E-state index >= 15 is 0 Å². The van der Waals surface area contributed by atoms with Crippen LogP contribution in [0.2, 0.25) is 0 Å². The minimum atomic E-state index is -4.76. The maximum absolute atomic E-state index is 14.0. The molecule has 1 unspecified atom stereocenters. The van der Waals surface area contributed by atoms with E-state index in [0.717, 1.165) is 42.8 Å². The number of alkyl halides is 4. The molecule has 42 heavy (non-hydrogen) atoms. The SMILES string of the molecule is CC(C)([C@H]1CCN(C(=O)c2c(S(C)(=O)=O)cc(OC3CC3)cc2S(C)(=O)=O)C1I)S(=O)(=O)c1cccc(C(F)(F)F)c1. The van der Waals surface area contributed by atoms with Gasteiger partial charge in [0.05, 0.1) is 40.7 Å². The molecule has 1 saturated carbocycles. The smallest absolute Gasteiger partial charge is 0.416 e. The molecule has 0 radical (unpaired) electrons. The molecule has 232 valence electrons. The number of amides is 1. The quantitative estimate of drug-likeness (QED) is 0.218. The first-order valence-electron chi connectivity index (χ1n) is 12.7. The van der Waals surface area contributed by atoms with Crippen molar-refractivity contribution >= 4 is 58.0 Å². The summed E-state index contributed by atoms with van der Waals surface area (Å²) in [6, 6.07) is 5.66. The van der Waals surface area contributed by atoms with Gasteiger partial charge < -0.3 is 9.64 Å². The third-order valence-corrected chi connectivity index (χ3v) is 13.9. The summed E-state index contributed by atoms with van der Waals surface area (Å²) in [5.41, 5.74) is -1.69. The maximum Gasteiger partial charge on any atom is 0.416 e. The fraction of sp³-hybridized carbons (Fsp3) is 0.500. The summed E-state index contributed by atoms with van der Waals surface area (Å²) in [5.74, 6) is -1.74. The number of carbonyl (C=O) groups excluding carboxylic acids is 1. The highest BCUT2D eigenvalue weighted by atomic mass is 127. The average Bonchev–Trinajstić information content (AvgIpc) is 3.59. The second kappa shape index (κ2) is 10.9. The molecule has 1 saturated heterocycles. The monoisotopic (exact) mass is 763 g/mol. The highest BCUT2D eigenvalue weighted by molar-refractivity contribution is 14.1. The number of hydrogen-bond donors (Lipinski definition) is 0. The molecule has 2 aromatic rings. The lowest BCUT2D eigenvalue weighted by atomic mass is 9.94. The molecule has 16 heteroatoms. The molecule has 9 nitrogen and oxygen atoms in total. The summed E-state index contributed by atoms with van der Waals surface area (Å²) in [6.07, 6.45) is -1.73. The lowest BCUT2D eigenvalue weighted by molar-refractivity contribution is -0.137. The van der Waals surface area contributed by atoms with Gasteiger partial charge in [-0.25, -0.2) is 25.3 Å². The molecule has 2 fully saturated rings. The summed E-state index contributed by atoms with van der Waals surface area (Å²) < 4.78 is 122. The molecular formula is C26H29F3INO8S3. The van der Waals surface area contributed by atoms with Crippen molar-refractivity contribution < 1.29 is 48.0 Å². The largest absolute Gasteiger partial charge is 0.490 e. The van der Waals surface area contributed by atoms with Crippen LogP contribution >= 0.6 is 22.6 Å². The van der Waals surface area contributed by atoms with Crippen LogP contribution in [0.15, 0.2) is 51.1 Å². The van der Waals surface area contributed by atoms with Gasteiger partial charge in [-0.3, -0.25) is 4.79 Å². The van der Waals surface area contributed by atoms with Crippen LogP contribution < -0.4 is 4.74 Å². The number of likely N-dealkylation sites (tertiary alicyclic amines) is 1. The normalized spacial score (nSPS) is 20.5. The molecule has 2 atom stereocenters. The van der Waals surface area contributed by atoms with Crippen molar-refractivity contribution in [2.24, 2.45) is 5.92 Å². The van der Waals surface area contributed by atoms with Crippen LogP contribution in [0.1, 0.15) is 49.0 Å². The first-order valence-corrected chi connectivity index (χ1v) is 19.2. The molecule has 1 aliphatic carbocycles. The van der Waals surface area contributed by atoms with E-state index in [1.165, 1.54) is 18.7 Å². The molecule has 0 aromatic heterocycles. The van der Waals surface area contributed by atoms with Crippen molar-refractivity contribution in [3.63, 3.8) is 0 Å². The maximum atomic E-state index is 14.0. The Kier molecular flexibility index (Phi) is 8.57. The van der Waals surface area contributed by atoms with E-state index in [0.29, 0.717) is 18.9 Å². The molecule has 0 bridgehead atoms. The number of nitrogens with zero attached hydrogens (tertiary/aromatic N) is 1. The molecule has 1 amide bonds. The molecule has 2 aromatic carbocycles. The predicted molar refractivity (Wildman–Crippen MR) is 156 cm³/mol. The fourth-order valence-electron chi connectivity index (χ4n) is 4.94. The topological polar surface area (TPSA) is 132 Å². The van der Waals surface area contributed by atoms with E-state index in [9.17, 15) is 43.2 Å². The van der Waals surface area contributed by atoms with Gasteiger partial charge in [-0.15, -0.1) is 0 Å². The van der Waals surface area contributed by atoms with Gasteiger partial charge in [-0.1, -0.05) is 28.7 Å². The number of halogens is 4. The predicted octanol–water partition coefficient (Wildman–Crippen LogP) is 4.53. The Morgan fingerprint density at radius 1 is 0.929 bits per heavy atom. The third-order valence-electron chi connectivity index (χ3n) is 7.51. The van der Waals surface area contributed by atoms with Crippen molar-refractivity contribution in [1.29, 1.82) is 0 Å². The Morgan fingerprint density at radius 3 is 1.95 bits per heavy atom. The van der Waals surface area contributed by atoms with Gasteiger partial charge in [0.25, 0.3) is 5.91 Å². The van der Waals surface area contributed by atoms with E-state index < -0.39 is 82.1 Å². The summed E-state index contributed by atoms with van der Waals surface area (Å²) in [4.78, 5) is 13.6. The Morgan fingerprint density at radius 2 is 1.48 bits per heavy atom. The fourth-order valence-corrected chi connectivity index (χ4v) is 10.6. The van der Waals surface area contributed by atoms with Crippen LogP contribution in [0, 0.1) is 5.92 Å². The van der Waals surface area contributed by atoms with Crippen LogP contribution in [0.4, 0.5) is 13.2 Å². The summed E-state index contributed by atoms with van der Waals surface area (Å²) in [7, 11) is -12.7. The first kappa shape index (κ1) is 33.0. The molecular weight excluding hydrogens is 734 g/mol. The summed E-state index contributed by atoms with van der Waals surface area (Å²) in [6.45, 7) is 2.67. The average molecular weight is 764 g/mol. The van der Waals surface area contributed by atoms with E-state index in [4.69, 9.17) is 4.74 Å². The van der Waals surface area contributed by atoms with Crippen LogP contribution in [-0.4, -0.2) is 70.0 Å². The van der Waals surface area contributed by atoms with Crippen LogP contribution in [0.5, 0.6) is 5.75 Å². The van der Waals surface area contributed by atoms with Gasteiger partial charge in [0.1, 0.15) is 5.75 Å². The van der Waals surface area contributed by atoms with Gasteiger partial charge in [0.2, 0.25) is 0 Å². The lowest BCUT2D eigenvalue weighted by Crippen LogP contribution is -2.45. The number of hydrogen-bond acceptors (Lipinski definition) is 8. The highest BCUT2D eigenvalue weighted by Gasteiger charge is 2.51. The Balaban J connectivity index is 1.75. The van der Waals surface area contributed by atoms with Crippen LogP contribution in [0.25, 0.3) is 0 Å². The zero-order valence-electron chi connectivity index (χ0n) is 23.0. The Hall–Kier alpha value is -1.92. The van der Waals surface area contributed by atoms with E-state index in [-0.39, 0.29) is 24.8 Å². The second-order valence-corrected chi connectivity index (χ2v) is 18.8. The van der Waals surface area contributed by atoms with Gasteiger partial charge in [0, 0.05) is 25.0 Å². The van der Waals surface area contributed by atoms with Crippen molar-refractivity contribution in [3.8, 4) is 5.75 Å². The van der Waals surface area contributed by atoms with E-state index in [1.54, 1.807) is 0 Å². The second-order valence-electron chi connectivity index (χ2n) is 11.1. The summed E-state index contributed by atoms with van der Waals surface area (Å²) in [5, 5.41) is 0. The Labute approximate surface area is 256 Å². The van der Waals surface area contributed by atoms with Crippen LogP contribution in [-0.2, 0) is 35.7 Å². The molecule has 0 spiro atoms. The minimum Gasteiger partial charge on any atom is -0.490 e. The lowest BCUT2D eigenvalue weighted by Gasteiger charge is -2.35. The molecule has 1 aliphatic heterocycles. The van der Waals surface area contributed by atoms with Gasteiger partial charge in [0.15, 0.2) is 29.5 Å². The van der Waals surface area contributed by atoms with Gasteiger partial charge >= 0.3 is 6.18 Å². The first-order chi connectivity index (χ1) is 19.1. The zero-order chi connectivity index (χ0) is 31.6. The van der Waals surface area contributed by atoms with Gasteiger partial charge in [-0.2, -0.15) is 13.2 Å². The van der Waals surface area contributed by atoms with Crippen LogP contribution in [0.3, 0.4) is 0 Å². The van der Waals surface area contributed by atoms with Crippen molar-refractivity contribution in [1.82, 2.24) is 4.90 Å². The number of sulfone groups is 3. The molecule has 2 aliphatic rings. The van der Waals surface area contributed by atoms with E-state index in [1.807, 2.05) is 22.6 Å². The zero-order valence-corrected chi connectivity index (χ0v) is 27.6. The van der Waals surface area contributed by atoms with Crippen molar-refractivity contribution in [2.75, 3.05) is 19.1 Å². The molecule has 1 heterocycles. The molecule has 4 rings (SSSR count). The van der Waals surface area contributed by atoms with Gasteiger partial charge in [-0.05, 0) is 63.4 Å². The summed E-state index contributed by atoms with van der Waals surface area (Å²) >= 11 is 1.84. The molecule has 0 N–H and O–H groups in total.